The van der Waals surface area contributed by atoms with E-state index in [0.717, 1.165) is 65.5 Å². The number of aromatic nitrogens is 2. The summed E-state index contributed by atoms with van der Waals surface area (Å²) in [5.74, 6) is -0.461. The third kappa shape index (κ3) is 5.25. The Kier molecular flexibility index (Phi) is 6.86. The number of amides is 1. The highest BCUT2D eigenvalue weighted by atomic mass is 32.1. The van der Waals surface area contributed by atoms with Gasteiger partial charge in [-0.15, -0.1) is 11.3 Å². The van der Waals surface area contributed by atoms with E-state index in [1.807, 2.05) is 60.8 Å². The topological polar surface area (TPSA) is 81.2 Å². The van der Waals surface area contributed by atoms with Crippen LogP contribution in [0.1, 0.15) is 57.1 Å². The SMILES string of the molecule is Cc1ccccc1NC(=O)Cc1nc(COC(=O)c2c3c(nc4ccccc24)CCCCC3)cs1. The van der Waals surface area contributed by atoms with Crippen LogP contribution in [0.25, 0.3) is 10.9 Å². The molecular formula is C28H27N3O3S. The molecule has 4 aromatic rings. The smallest absolute Gasteiger partial charge is 0.339 e. The molecule has 0 saturated heterocycles. The minimum Gasteiger partial charge on any atom is -0.456 e. The molecule has 2 aromatic heterocycles. The Morgan fingerprint density at radius 1 is 1.00 bits per heavy atom. The van der Waals surface area contributed by atoms with Crippen molar-refractivity contribution in [2.45, 2.75) is 52.1 Å². The number of rotatable bonds is 6. The predicted molar refractivity (Wildman–Crippen MR) is 138 cm³/mol. The van der Waals surface area contributed by atoms with E-state index in [1.54, 1.807) is 0 Å². The Bertz CT molecular complexity index is 1400. The number of aryl methyl sites for hydroxylation is 2. The molecule has 1 aliphatic rings. The van der Waals surface area contributed by atoms with Crippen LogP contribution in [0.4, 0.5) is 5.69 Å². The maximum atomic E-state index is 13.3. The fourth-order valence-corrected chi connectivity index (χ4v) is 5.31. The summed E-state index contributed by atoms with van der Waals surface area (Å²) >= 11 is 1.40. The summed E-state index contributed by atoms with van der Waals surface area (Å²) in [7, 11) is 0. The van der Waals surface area contributed by atoms with E-state index < -0.39 is 0 Å². The zero-order valence-corrected chi connectivity index (χ0v) is 20.5. The lowest BCUT2D eigenvalue weighted by Crippen LogP contribution is -2.15. The number of hydrogen-bond donors (Lipinski definition) is 1. The minimum absolute atomic E-state index is 0.0696. The normalized spacial score (nSPS) is 13.2. The summed E-state index contributed by atoms with van der Waals surface area (Å²) in [6, 6.07) is 15.4. The average Bonchev–Trinajstić information content (AvgIpc) is 3.17. The first-order valence-electron chi connectivity index (χ1n) is 11.9. The zero-order chi connectivity index (χ0) is 24.2. The lowest BCUT2D eigenvalue weighted by molar-refractivity contribution is -0.115. The Morgan fingerprint density at radius 3 is 2.69 bits per heavy atom. The standard InChI is InChI=1S/C28H27N3O3S/c1-18-9-5-7-12-22(18)31-25(32)15-26-29-19(17-35-26)16-34-28(33)27-20-10-3-2-4-13-23(20)30-24-14-8-6-11-21(24)27/h5-9,11-12,14,17H,2-4,10,13,15-16H2,1H3,(H,31,32). The van der Waals surface area contributed by atoms with Gasteiger partial charge in [-0.2, -0.15) is 0 Å². The van der Waals surface area contributed by atoms with E-state index in [-0.39, 0.29) is 24.9 Å². The van der Waals surface area contributed by atoms with E-state index in [4.69, 9.17) is 9.72 Å². The van der Waals surface area contributed by atoms with E-state index in [0.29, 0.717) is 16.3 Å². The Balaban J connectivity index is 1.28. The predicted octanol–water partition coefficient (Wildman–Crippen LogP) is 5.81. The van der Waals surface area contributed by atoms with Crippen LogP contribution in [0.3, 0.4) is 0 Å². The molecule has 35 heavy (non-hydrogen) atoms. The van der Waals surface area contributed by atoms with Crippen molar-refractivity contribution in [1.82, 2.24) is 9.97 Å². The molecule has 0 saturated carbocycles. The number of nitrogens with zero attached hydrogens (tertiary/aromatic N) is 2. The second-order valence-electron chi connectivity index (χ2n) is 8.84. The van der Waals surface area contributed by atoms with Crippen molar-refractivity contribution in [1.29, 1.82) is 0 Å². The minimum atomic E-state index is -0.339. The number of nitrogens with one attached hydrogen (secondary N) is 1. The first-order chi connectivity index (χ1) is 17.1. The zero-order valence-electron chi connectivity index (χ0n) is 19.7. The number of benzene rings is 2. The van der Waals surface area contributed by atoms with Gasteiger partial charge in [0, 0.05) is 22.1 Å². The second-order valence-corrected chi connectivity index (χ2v) is 9.78. The molecule has 178 valence electrons. The number of anilines is 1. The first-order valence-corrected chi connectivity index (χ1v) is 12.8. The molecule has 2 heterocycles. The molecule has 0 bridgehead atoms. The molecule has 1 N–H and O–H groups in total. The fourth-order valence-electron chi connectivity index (χ4n) is 4.54. The number of carbonyl (C=O) groups excluding carboxylic acids is 2. The van der Waals surface area contributed by atoms with Gasteiger partial charge in [-0.25, -0.2) is 9.78 Å². The molecular weight excluding hydrogens is 458 g/mol. The van der Waals surface area contributed by atoms with E-state index in [1.165, 1.54) is 11.3 Å². The van der Waals surface area contributed by atoms with E-state index in [2.05, 4.69) is 10.3 Å². The molecule has 0 aliphatic heterocycles. The lowest BCUT2D eigenvalue weighted by atomic mass is 9.97. The fraction of sp³-hybridized carbons (Fsp3) is 0.286. The van der Waals surface area contributed by atoms with Gasteiger partial charge in [-0.3, -0.25) is 9.78 Å². The molecule has 7 heteroatoms. The second kappa shape index (κ2) is 10.4. The van der Waals surface area contributed by atoms with Crippen molar-refractivity contribution in [3.63, 3.8) is 0 Å². The molecule has 6 nitrogen and oxygen atoms in total. The molecule has 5 rings (SSSR count). The van der Waals surface area contributed by atoms with Crippen LogP contribution in [0.2, 0.25) is 0 Å². The van der Waals surface area contributed by atoms with Crippen molar-refractivity contribution in [3.8, 4) is 0 Å². The largest absolute Gasteiger partial charge is 0.456 e. The summed E-state index contributed by atoms with van der Waals surface area (Å²) in [5.41, 5.74) is 5.96. The van der Waals surface area contributed by atoms with Crippen LogP contribution in [0.5, 0.6) is 0 Å². The van der Waals surface area contributed by atoms with E-state index >= 15 is 0 Å². The van der Waals surface area contributed by atoms with Crippen molar-refractivity contribution < 1.29 is 14.3 Å². The van der Waals surface area contributed by atoms with Crippen LogP contribution in [0, 0.1) is 6.92 Å². The van der Waals surface area contributed by atoms with Crippen molar-refractivity contribution in [2.75, 3.05) is 5.32 Å². The molecule has 0 spiro atoms. The summed E-state index contributed by atoms with van der Waals surface area (Å²) < 4.78 is 5.74. The van der Waals surface area contributed by atoms with Gasteiger partial charge in [0.15, 0.2) is 0 Å². The summed E-state index contributed by atoms with van der Waals surface area (Å²) in [6.07, 6.45) is 5.18. The third-order valence-corrected chi connectivity index (χ3v) is 7.20. The van der Waals surface area contributed by atoms with Crippen LogP contribution >= 0.6 is 11.3 Å². The number of hydrogen-bond acceptors (Lipinski definition) is 6. The van der Waals surface area contributed by atoms with Gasteiger partial charge in [0.2, 0.25) is 5.91 Å². The monoisotopic (exact) mass is 485 g/mol. The number of esters is 1. The summed E-state index contributed by atoms with van der Waals surface area (Å²) in [6.45, 7) is 2.02. The summed E-state index contributed by atoms with van der Waals surface area (Å²) in [4.78, 5) is 35.1. The van der Waals surface area contributed by atoms with Gasteiger partial charge < -0.3 is 10.1 Å². The Morgan fingerprint density at radius 2 is 1.80 bits per heavy atom. The number of pyridine rings is 1. The van der Waals surface area contributed by atoms with Gasteiger partial charge in [0.1, 0.15) is 11.6 Å². The van der Waals surface area contributed by atoms with Gasteiger partial charge in [0.05, 0.1) is 23.2 Å². The summed E-state index contributed by atoms with van der Waals surface area (Å²) in [5, 5.41) is 6.29. The van der Waals surface area contributed by atoms with Crippen molar-refractivity contribution in [3.05, 3.63) is 87.0 Å². The van der Waals surface area contributed by atoms with Gasteiger partial charge in [0.25, 0.3) is 0 Å². The van der Waals surface area contributed by atoms with Crippen LogP contribution in [0.15, 0.2) is 53.9 Å². The molecule has 0 unspecified atom stereocenters. The number of thiazole rings is 1. The molecule has 1 amide bonds. The number of ether oxygens (including phenoxy) is 1. The van der Waals surface area contributed by atoms with Gasteiger partial charge >= 0.3 is 5.97 Å². The number of fused-ring (bicyclic) bond motifs is 2. The van der Waals surface area contributed by atoms with Crippen molar-refractivity contribution >= 4 is 39.8 Å². The van der Waals surface area contributed by atoms with Crippen LogP contribution < -0.4 is 5.32 Å². The van der Waals surface area contributed by atoms with Crippen molar-refractivity contribution in [2.24, 2.45) is 0 Å². The highest BCUT2D eigenvalue weighted by molar-refractivity contribution is 7.09. The van der Waals surface area contributed by atoms with Gasteiger partial charge in [-0.05, 0) is 55.9 Å². The molecule has 0 atom stereocenters. The molecule has 0 radical (unpaired) electrons. The van der Waals surface area contributed by atoms with Crippen LogP contribution in [-0.2, 0) is 35.4 Å². The highest BCUT2D eigenvalue weighted by Crippen LogP contribution is 2.29. The first kappa shape index (κ1) is 23.2. The quantitative estimate of drug-likeness (QED) is 0.275. The highest BCUT2D eigenvalue weighted by Gasteiger charge is 2.23. The molecule has 2 aromatic carbocycles. The lowest BCUT2D eigenvalue weighted by Gasteiger charge is -2.14. The number of para-hydroxylation sites is 2. The van der Waals surface area contributed by atoms with Gasteiger partial charge in [-0.1, -0.05) is 42.8 Å². The maximum absolute atomic E-state index is 13.3. The van der Waals surface area contributed by atoms with E-state index in [9.17, 15) is 9.59 Å². The third-order valence-electron chi connectivity index (χ3n) is 6.30. The Hall–Kier alpha value is -3.58. The molecule has 1 aliphatic carbocycles. The average molecular weight is 486 g/mol. The Labute approximate surface area is 208 Å². The molecule has 0 fully saturated rings. The number of carbonyl (C=O) groups is 2. The maximum Gasteiger partial charge on any atom is 0.339 e. The van der Waals surface area contributed by atoms with Crippen LogP contribution in [-0.4, -0.2) is 21.8 Å².